The van der Waals surface area contributed by atoms with Crippen LogP contribution < -0.4 is 5.32 Å². The van der Waals surface area contributed by atoms with Crippen LogP contribution in [0.2, 0.25) is 0 Å². The molecule has 1 fully saturated rings. The van der Waals surface area contributed by atoms with Crippen LogP contribution in [0.4, 0.5) is 5.69 Å². The molecule has 1 aromatic rings. The summed E-state index contributed by atoms with van der Waals surface area (Å²) in [4.78, 5) is 14.5. The van der Waals surface area contributed by atoms with Crippen LogP contribution in [0.15, 0.2) is 24.3 Å². The van der Waals surface area contributed by atoms with E-state index in [1.807, 2.05) is 6.92 Å². The molecule has 1 aliphatic rings. The van der Waals surface area contributed by atoms with Gasteiger partial charge < -0.3 is 5.32 Å². The number of hydrogen-bond donors (Lipinski definition) is 1. The number of carbonyl (C=O) groups excluding carboxylic acids is 1. The lowest BCUT2D eigenvalue weighted by atomic mass is 9.99. The van der Waals surface area contributed by atoms with Crippen LogP contribution >= 0.6 is 0 Å². The molecule has 0 saturated carbocycles. The molecule has 106 valence electrons. The molecule has 20 heavy (non-hydrogen) atoms. The van der Waals surface area contributed by atoms with Crippen molar-refractivity contribution in [2.75, 3.05) is 18.4 Å². The Hall–Kier alpha value is -1.86. The van der Waals surface area contributed by atoms with E-state index < -0.39 is 0 Å². The summed E-state index contributed by atoms with van der Waals surface area (Å²) in [5, 5.41) is 11.7. The predicted octanol–water partition coefficient (Wildman–Crippen LogP) is 2.62. The van der Waals surface area contributed by atoms with Crippen molar-refractivity contribution in [1.82, 2.24) is 4.90 Å². The second kappa shape index (κ2) is 6.53. The lowest BCUT2D eigenvalue weighted by Crippen LogP contribution is -2.46. The number of likely N-dealkylation sites (tertiary alicyclic amines) is 1. The van der Waals surface area contributed by atoms with E-state index in [1.165, 1.54) is 6.42 Å². The van der Waals surface area contributed by atoms with Gasteiger partial charge in [-0.1, -0.05) is 6.92 Å². The van der Waals surface area contributed by atoms with Gasteiger partial charge in [0.15, 0.2) is 0 Å². The molecule has 0 unspecified atom stereocenters. The van der Waals surface area contributed by atoms with Gasteiger partial charge >= 0.3 is 0 Å². The van der Waals surface area contributed by atoms with Crippen LogP contribution in [-0.4, -0.2) is 29.9 Å². The van der Waals surface area contributed by atoms with Crippen LogP contribution in [0.5, 0.6) is 0 Å². The molecule has 0 bridgehead atoms. The van der Waals surface area contributed by atoms with Crippen LogP contribution in [-0.2, 0) is 4.79 Å². The van der Waals surface area contributed by atoms with Crippen molar-refractivity contribution in [1.29, 1.82) is 5.26 Å². The Kier molecular flexibility index (Phi) is 4.75. The van der Waals surface area contributed by atoms with Gasteiger partial charge in [0.25, 0.3) is 0 Å². The Bertz CT molecular complexity index is 503. The third-order valence-corrected chi connectivity index (χ3v) is 3.90. The third-order valence-electron chi connectivity index (χ3n) is 3.90. The molecule has 0 aromatic heterocycles. The summed E-state index contributed by atoms with van der Waals surface area (Å²) in [6.45, 7) is 6.17. The first kappa shape index (κ1) is 14.5. The number of rotatable bonds is 3. The molecular weight excluding hydrogens is 250 g/mol. The van der Waals surface area contributed by atoms with E-state index in [2.05, 4.69) is 23.2 Å². The monoisotopic (exact) mass is 271 g/mol. The standard InChI is InChI=1S/C16H21N3O/c1-12-4-3-9-19(11-12)13(2)16(20)18-15-7-5-14(10-17)6-8-15/h5-8,12-13H,3-4,9,11H2,1-2H3,(H,18,20)/t12-,13-/m0/s1. The summed E-state index contributed by atoms with van der Waals surface area (Å²) in [5.41, 5.74) is 1.34. The fourth-order valence-corrected chi connectivity index (χ4v) is 2.62. The Labute approximate surface area is 120 Å². The highest BCUT2D eigenvalue weighted by Gasteiger charge is 2.25. The van der Waals surface area contributed by atoms with Crippen molar-refractivity contribution in [2.45, 2.75) is 32.7 Å². The fourth-order valence-electron chi connectivity index (χ4n) is 2.62. The molecule has 0 radical (unpaired) electrons. The summed E-state index contributed by atoms with van der Waals surface area (Å²) >= 11 is 0. The molecule has 4 heteroatoms. The molecule has 2 atom stereocenters. The predicted molar refractivity (Wildman–Crippen MR) is 79.2 cm³/mol. The summed E-state index contributed by atoms with van der Waals surface area (Å²) < 4.78 is 0. The number of carbonyl (C=O) groups is 1. The minimum Gasteiger partial charge on any atom is -0.325 e. The summed E-state index contributed by atoms with van der Waals surface area (Å²) in [6.07, 6.45) is 2.41. The minimum atomic E-state index is -0.117. The Morgan fingerprint density at radius 1 is 1.45 bits per heavy atom. The van der Waals surface area contributed by atoms with Crippen molar-refractivity contribution in [3.8, 4) is 6.07 Å². The lowest BCUT2D eigenvalue weighted by molar-refractivity contribution is -0.121. The van der Waals surface area contributed by atoms with Gasteiger partial charge in [0, 0.05) is 12.2 Å². The highest BCUT2D eigenvalue weighted by molar-refractivity contribution is 5.94. The average Bonchev–Trinajstić information content (AvgIpc) is 2.47. The van der Waals surface area contributed by atoms with Crippen molar-refractivity contribution >= 4 is 11.6 Å². The molecule has 1 heterocycles. The van der Waals surface area contributed by atoms with Gasteiger partial charge in [0.2, 0.25) is 5.91 Å². The van der Waals surface area contributed by atoms with E-state index >= 15 is 0 Å². The molecule has 0 aliphatic carbocycles. The topological polar surface area (TPSA) is 56.1 Å². The number of amides is 1. The zero-order chi connectivity index (χ0) is 14.5. The quantitative estimate of drug-likeness (QED) is 0.919. The highest BCUT2D eigenvalue weighted by atomic mass is 16.2. The van der Waals surface area contributed by atoms with Crippen molar-refractivity contribution < 1.29 is 4.79 Å². The van der Waals surface area contributed by atoms with Gasteiger partial charge in [-0.15, -0.1) is 0 Å². The van der Waals surface area contributed by atoms with Crippen molar-refractivity contribution in [3.63, 3.8) is 0 Å². The van der Waals surface area contributed by atoms with E-state index in [0.29, 0.717) is 11.5 Å². The fraction of sp³-hybridized carbons (Fsp3) is 0.500. The molecule has 2 rings (SSSR count). The van der Waals surface area contributed by atoms with E-state index in [0.717, 1.165) is 25.2 Å². The molecule has 1 N–H and O–H groups in total. The second-order valence-electron chi connectivity index (χ2n) is 5.60. The Morgan fingerprint density at radius 2 is 2.15 bits per heavy atom. The SMILES string of the molecule is C[C@H]1CCCN([C@@H](C)C(=O)Nc2ccc(C#N)cc2)C1. The largest absolute Gasteiger partial charge is 0.325 e. The number of hydrogen-bond acceptors (Lipinski definition) is 3. The van der Waals surface area contributed by atoms with Crippen LogP contribution in [0.1, 0.15) is 32.3 Å². The number of nitrogens with zero attached hydrogens (tertiary/aromatic N) is 2. The van der Waals surface area contributed by atoms with E-state index in [-0.39, 0.29) is 11.9 Å². The van der Waals surface area contributed by atoms with Gasteiger partial charge in [-0.2, -0.15) is 5.26 Å². The van der Waals surface area contributed by atoms with E-state index in [4.69, 9.17) is 5.26 Å². The van der Waals surface area contributed by atoms with Gasteiger partial charge in [-0.05, 0) is 56.5 Å². The number of benzene rings is 1. The Balaban J connectivity index is 1.94. The maximum atomic E-state index is 12.3. The first-order valence-corrected chi connectivity index (χ1v) is 7.15. The maximum absolute atomic E-state index is 12.3. The maximum Gasteiger partial charge on any atom is 0.241 e. The molecule has 4 nitrogen and oxygen atoms in total. The number of nitrogens with one attached hydrogen (secondary N) is 1. The van der Waals surface area contributed by atoms with Gasteiger partial charge in [0.05, 0.1) is 17.7 Å². The summed E-state index contributed by atoms with van der Waals surface area (Å²) in [6, 6.07) is 8.90. The average molecular weight is 271 g/mol. The smallest absolute Gasteiger partial charge is 0.241 e. The zero-order valence-corrected chi connectivity index (χ0v) is 12.1. The molecule has 1 aliphatic heterocycles. The summed E-state index contributed by atoms with van der Waals surface area (Å²) in [5.74, 6) is 0.678. The van der Waals surface area contributed by atoms with Crippen molar-refractivity contribution in [3.05, 3.63) is 29.8 Å². The Morgan fingerprint density at radius 3 is 2.75 bits per heavy atom. The van der Waals surface area contributed by atoms with Crippen LogP contribution in [0.25, 0.3) is 0 Å². The highest BCUT2D eigenvalue weighted by Crippen LogP contribution is 2.18. The number of piperidine rings is 1. The van der Waals surface area contributed by atoms with Gasteiger partial charge in [0.1, 0.15) is 0 Å². The number of anilines is 1. The van der Waals surface area contributed by atoms with Crippen LogP contribution in [0.3, 0.4) is 0 Å². The van der Waals surface area contributed by atoms with Gasteiger partial charge in [-0.25, -0.2) is 0 Å². The normalized spacial score (nSPS) is 20.9. The van der Waals surface area contributed by atoms with E-state index in [1.54, 1.807) is 24.3 Å². The molecule has 0 spiro atoms. The van der Waals surface area contributed by atoms with Gasteiger partial charge in [-0.3, -0.25) is 9.69 Å². The van der Waals surface area contributed by atoms with E-state index in [9.17, 15) is 4.79 Å². The van der Waals surface area contributed by atoms with Crippen molar-refractivity contribution in [2.24, 2.45) is 5.92 Å². The molecule has 1 saturated heterocycles. The molecule has 1 aromatic carbocycles. The first-order valence-electron chi connectivity index (χ1n) is 7.15. The zero-order valence-electron chi connectivity index (χ0n) is 12.1. The molecule has 1 amide bonds. The first-order chi connectivity index (χ1) is 9.60. The summed E-state index contributed by atoms with van der Waals surface area (Å²) in [7, 11) is 0. The molecular formula is C16H21N3O. The second-order valence-corrected chi connectivity index (χ2v) is 5.60. The third kappa shape index (κ3) is 3.58. The van der Waals surface area contributed by atoms with Crippen LogP contribution in [0, 0.1) is 17.2 Å². The minimum absolute atomic E-state index is 0.0174. The number of nitriles is 1. The lowest BCUT2D eigenvalue weighted by Gasteiger charge is -2.34.